The molecular weight excluding hydrogens is 364 g/mol. The lowest BCUT2D eigenvalue weighted by atomic mass is 10.3. The van der Waals surface area contributed by atoms with Gasteiger partial charge in [0.25, 0.3) is 5.91 Å². The highest BCUT2D eigenvalue weighted by atomic mass is 19.3. The van der Waals surface area contributed by atoms with Gasteiger partial charge in [-0.25, -0.2) is 0 Å². The first-order valence-corrected chi connectivity index (χ1v) is 7.94. The Hall–Kier alpha value is -3.36. The SMILES string of the molecule is O=C(COC(=O)CCOc1ccccc1)Nc1ccc2c(c1)OC(F)(F)O2. The Bertz CT molecular complexity index is 828. The number of carbonyl (C=O) groups is 2. The topological polar surface area (TPSA) is 83.1 Å². The molecule has 0 spiro atoms. The molecule has 0 atom stereocenters. The third-order valence-corrected chi connectivity index (χ3v) is 3.37. The second-order valence-electron chi connectivity index (χ2n) is 5.45. The summed E-state index contributed by atoms with van der Waals surface area (Å²) in [6.07, 6.45) is -3.76. The van der Waals surface area contributed by atoms with Crippen molar-refractivity contribution in [3.8, 4) is 17.2 Å². The molecule has 9 heteroatoms. The first-order chi connectivity index (χ1) is 12.9. The fourth-order valence-electron chi connectivity index (χ4n) is 2.21. The van der Waals surface area contributed by atoms with E-state index in [4.69, 9.17) is 9.47 Å². The number of rotatable bonds is 7. The molecule has 142 valence electrons. The van der Waals surface area contributed by atoms with E-state index in [0.29, 0.717) is 5.75 Å². The maximum absolute atomic E-state index is 13.0. The van der Waals surface area contributed by atoms with E-state index in [0.717, 1.165) is 0 Å². The number of benzene rings is 2. The van der Waals surface area contributed by atoms with Crippen LogP contribution in [-0.4, -0.2) is 31.4 Å². The van der Waals surface area contributed by atoms with Crippen LogP contribution in [0, 0.1) is 0 Å². The molecule has 0 fully saturated rings. The highest BCUT2D eigenvalue weighted by molar-refractivity contribution is 5.93. The molecular formula is C18H15F2NO6. The van der Waals surface area contributed by atoms with Gasteiger partial charge in [-0.3, -0.25) is 9.59 Å². The van der Waals surface area contributed by atoms with E-state index >= 15 is 0 Å². The van der Waals surface area contributed by atoms with Gasteiger partial charge in [-0.15, -0.1) is 8.78 Å². The van der Waals surface area contributed by atoms with E-state index in [-0.39, 0.29) is 30.2 Å². The minimum atomic E-state index is -3.73. The number of nitrogens with one attached hydrogen (secondary N) is 1. The van der Waals surface area contributed by atoms with Gasteiger partial charge >= 0.3 is 12.3 Å². The number of fused-ring (bicyclic) bond motifs is 1. The number of anilines is 1. The molecule has 0 unspecified atom stereocenters. The minimum Gasteiger partial charge on any atom is -0.493 e. The summed E-state index contributed by atoms with van der Waals surface area (Å²) < 4.78 is 44.6. The molecule has 0 bridgehead atoms. The molecule has 7 nitrogen and oxygen atoms in total. The van der Waals surface area contributed by atoms with Crippen molar-refractivity contribution in [3.05, 3.63) is 48.5 Å². The summed E-state index contributed by atoms with van der Waals surface area (Å²) in [5.74, 6) is -0.948. The van der Waals surface area contributed by atoms with Crippen molar-refractivity contribution >= 4 is 17.6 Å². The smallest absolute Gasteiger partial charge is 0.493 e. The lowest BCUT2D eigenvalue weighted by molar-refractivity contribution is -0.286. The molecule has 2 aromatic rings. The molecule has 2 aromatic carbocycles. The van der Waals surface area contributed by atoms with Crippen LogP contribution >= 0.6 is 0 Å². The van der Waals surface area contributed by atoms with Crippen LogP contribution in [0.3, 0.4) is 0 Å². The summed E-state index contributed by atoms with van der Waals surface area (Å²) in [5, 5.41) is 2.41. The molecule has 27 heavy (non-hydrogen) atoms. The molecule has 1 aliphatic heterocycles. The molecule has 1 amide bonds. The number of carbonyl (C=O) groups excluding carboxylic acids is 2. The van der Waals surface area contributed by atoms with Gasteiger partial charge in [-0.2, -0.15) is 0 Å². The maximum Gasteiger partial charge on any atom is 0.586 e. The minimum absolute atomic E-state index is 0.0265. The largest absolute Gasteiger partial charge is 0.586 e. The maximum atomic E-state index is 13.0. The van der Waals surface area contributed by atoms with E-state index in [1.54, 1.807) is 24.3 Å². The second-order valence-corrected chi connectivity index (χ2v) is 5.45. The lowest BCUT2D eigenvalue weighted by Crippen LogP contribution is -2.25. The molecule has 0 saturated heterocycles. The van der Waals surface area contributed by atoms with Crippen LogP contribution in [-0.2, 0) is 14.3 Å². The van der Waals surface area contributed by atoms with Gasteiger partial charge in [0.15, 0.2) is 18.1 Å². The van der Waals surface area contributed by atoms with Crippen molar-refractivity contribution in [1.29, 1.82) is 0 Å². The Morgan fingerprint density at radius 3 is 2.56 bits per heavy atom. The highest BCUT2D eigenvalue weighted by Crippen LogP contribution is 2.42. The highest BCUT2D eigenvalue weighted by Gasteiger charge is 2.43. The number of hydrogen-bond acceptors (Lipinski definition) is 6. The van der Waals surface area contributed by atoms with Crippen LogP contribution in [0.1, 0.15) is 6.42 Å². The summed E-state index contributed by atoms with van der Waals surface area (Å²) in [6.45, 7) is -0.407. The fourth-order valence-corrected chi connectivity index (χ4v) is 2.21. The van der Waals surface area contributed by atoms with E-state index in [1.807, 2.05) is 6.07 Å². The third-order valence-electron chi connectivity index (χ3n) is 3.37. The molecule has 3 rings (SSSR count). The summed E-state index contributed by atoms with van der Waals surface area (Å²) >= 11 is 0. The van der Waals surface area contributed by atoms with Crippen molar-refractivity contribution in [3.63, 3.8) is 0 Å². The molecule has 0 radical (unpaired) electrons. The summed E-state index contributed by atoms with van der Waals surface area (Å²) in [4.78, 5) is 23.4. The predicted molar refractivity (Wildman–Crippen MR) is 88.8 cm³/mol. The van der Waals surface area contributed by atoms with Crippen molar-refractivity contribution in [1.82, 2.24) is 0 Å². The van der Waals surface area contributed by atoms with Gasteiger partial charge in [0.2, 0.25) is 0 Å². The third kappa shape index (κ3) is 5.30. The fraction of sp³-hybridized carbons (Fsp3) is 0.222. The molecule has 0 saturated carbocycles. The Morgan fingerprint density at radius 2 is 1.78 bits per heavy atom. The number of alkyl halides is 2. The number of amides is 1. The van der Waals surface area contributed by atoms with Crippen LogP contribution in [0.25, 0.3) is 0 Å². The second kappa shape index (κ2) is 7.90. The quantitative estimate of drug-likeness (QED) is 0.745. The summed E-state index contributed by atoms with van der Waals surface area (Å²) in [5.41, 5.74) is 0.198. The Balaban J connectivity index is 1.39. The normalized spacial score (nSPS) is 13.7. The predicted octanol–water partition coefficient (Wildman–Crippen LogP) is 2.96. The number of ether oxygens (including phenoxy) is 4. The zero-order chi connectivity index (χ0) is 19.3. The van der Waals surface area contributed by atoms with Crippen molar-refractivity contribution in [2.45, 2.75) is 12.7 Å². The van der Waals surface area contributed by atoms with Gasteiger partial charge in [0, 0.05) is 11.8 Å². The van der Waals surface area contributed by atoms with Crippen LogP contribution < -0.4 is 19.5 Å². The van der Waals surface area contributed by atoms with E-state index in [1.165, 1.54) is 18.2 Å². The first kappa shape index (κ1) is 18.4. The van der Waals surface area contributed by atoms with E-state index < -0.39 is 24.8 Å². The van der Waals surface area contributed by atoms with Crippen molar-refractivity contribution < 1.29 is 37.3 Å². The number of para-hydroxylation sites is 1. The van der Waals surface area contributed by atoms with E-state index in [2.05, 4.69) is 14.8 Å². The summed E-state index contributed by atoms with van der Waals surface area (Å²) in [7, 11) is 0. The zero-order valence-electron chi connectivity index (χ0n) is 13.9. The van der Waals surface area contributed by atoms with Crippen LogP contribution in [0.5, 0.6) is 17.2 Å². The Morgan fingerprint density at radius 1 is 1.04 bits per heavy atom. The average Bonchev–Trinajstić information content (AvgIpc) is 2.94. The molecule has 1 aliphatic rings. The molecule has 0 aliphatic carbocycles. The van der Waals surface area contributed by atoms with Crippen LogP contribution in [0.2, 0.25) is 0 Å². The van der Waals surface area contributed by atoms with Crippen molar-refractivity contribution in [2.75, 3.05) is 18.5 Å². The lowest BCUT2D eigenvalue weighted by Gasteiger charge is -2.08. The van der Waals surface area contributed by atoms with Gasteiger partial charge in [-0.1, -0.05) is 18.2 Å². The van der Waals surface area contributed by atoms with Crippen LogP contribution in [0.4, 0.5) is 14.5 Å². The van der Waals surface area contributed by atoms with Crippen molar-refractivity contribution in [2.24, 2.45) is 0 Å². The number of hydrogen-bond donors (Lipinski definition) is 1. The van der Waals surface area contributed by atoms with Gasteiger partial charge in [0.05, 0.1) is 13.0 Å². The Kier molecular flexibility index (Phi) is 5.39. The number of esters is 1. The monoisotopic (exact) mass is 379 g/mol. The van der Waals surface area contributed by atoms with E-state index in [9.17, 15) is 18.4 Å². The Labute approximate surface area is 152 Å². The first-order valence-electron chi connectivity index (χ1n) is 7.94. The average molecular weight is 379 g/mol. The molecule has 1 heterocycles. The molecule has 0 aromatic heterocycles. The number of halogens is 2. The summed E-state index contributed by atoms with van der Waals surface area (Å²) in [6, 6.07) is 12.7. The van der Waals surface area contributed by atoms with Crippen LogP contribution in [0.15, 0.2) is 48.5 Å². The zero-order valence-corrected chi connectivity index (χ0v) is 13.9. The van der Waals surface area contributed by atoms with Gasteiger partial charge in [0.1, 0.15) is 5.75 Å². The van der Waals surface area contributed by atoms with Gasteiger partial charge in [-0.05, 0) is 24.3 Å². The van der Waals surface area contributed by atoms with Gasteiger partial charge < -0.3 is 24.3 Å². The molecule has 1 N–H and O–H groups in total. The standard InChI is InChI=1S/C18H15F2NO6/c19-18(20)26-14-7-6-12(10-15(14)27-18)21-16(22)11-25-17(23)8-9-24-13-4-2-1-3-5-13/h1-7,10H,8-9,11H2,(H,21,22).